The van der Waals surface area contributed by atoms with Gasteiger partial charge in [-0.3, -0.25) is 9.88 Å². The van der Waals surface area contributed by atoms with E-state index in [9.17, 15) is 9.90 Å². The van der Waals surface area contributed by atoms with E-state index >= 15 is 0 Å². The minimum atomic E-state index is -0.237. The van der Waals surface area contributed by atoms with Crippen molar-refractivity contribution in [2.75, 3.05) is 31.5 Å². The molecule has 246 valence electrons. The van der Waals surface area contributed by atoms with Crippen LogP contribution in [0.25, 0.3) is 33.5 Å². The molecule has 7 rings (SSSR count). The Labute approximate surface area is 280 Å². The topological polar surface area (TPSA) is 120 Å². The van der Waals surface area contributed by atoms with Crippen molar-refractivity contribution in [3.05, 3.63) is 101 Å². The molecule has 10 heteroatoms. The van der Waals surface area contributed by atoms with E-state index < -0.39 is 0 Å². The average molecular weight is 644 g/mol. The number of carbonyl (C=O) groups is 1. The first kappa shape index (κ1) is 31.7. The van der Waals surface area contributed by atoms with E-state index in [0.717, 1.165) is 92.9 Å². The van der Waals surface area contributed by atoms with Crippen molar-refractivity contribution < 1.29 is 14.3 Å². The third-order valence-corrected chi connectivity index (χ3v) is 9.42. The number of aliphatic hydroxyl groups is 1. The summed E-state index contributed by atoms with van der Waals surface area (Å²) in [6.07, 6.45) is 5.73. The number of hydrogen-bond acceptors (Lipinski definition) is 10. The molecule has 2 aromatic carbocycles. The number of nitrogens with zero attached hydrogens (tertiary/aromatic N) is 5. The normalized spacial score (nSPS) is 16.1. The highest BCUT2D eigenvalue weighted by molar-refractivity contribution is 5.91. The van der Waals surface area contributed by atoms with Gasteiger partial charge in [0.25, 0.3) is 0 Å². The van der Waals surface area contributed by atoms with Gasteiger partial charge in [-0.15, -0.1) is 0 Å². The fourth-order valence-corrected chi connectivity index (χ4v) is 6.73. The van der Waals surface area contributed by atoms with Crippen molar-refractivity contribution >= 4 is 28.7 Å². The zero-order valence-electron chi connectivity index (χ0n) is 27.5. The first-order valence-corrected chi connectivity index (χ1v) is 16.5. The van der Waals surface area contributed by atoms with Gasteiger partial charge in [0, 0.05) is 73.9 Å². The lowest BCUT2D eigenvalue weighted by Crippen LogP contribution is -2.26. The van der Waals surface area contributed by atoms with Crippen LogP contribution in [0.3, 0.4) is 0 Å². The van der Waals surface area contributed by atoms with Crippen molar-refractivity contribution in [2.45, 2.75) is 52.4 Å². The molecule has 0 amide bonds. The van der Waals surface area contributed by atoms with Gasteiger partial charge in [-0.05, 0) is 72.4 Å². The molecule has 5 heterocycles. The maximum absolute atomic E-state index is 10.6. The van der Waals surface area contributed by atoms with E-state index in [2.05, 4.69) is 88.3 Å². The van der Waals surface area contributed by atoms with Crippen LogP contribution in [0.2, 0.25) is 0 Å². The maximum atomic E-state index is 10.6. The summed E-state index contributed by atoms with van der Waals surface area (Å²) in [5.41, 5.74) is 10.2. The van der Waals surface area contributed by atoms with E-state index in [-0.39, 0.29) is 6.10 Å². The van der Waals surface area contributed by atoms with E-state index in [1.54, 1.807) is 0 Å². The lowest BCUT2D eigenvalue weighted by molar-refractivity contribution is -0.107. The number of β-amino-alcohol motifs (C(OH)–C–C–N with tert-alkyl or cyclic N) is 1. The Morgan fingerprint density at radius 3 is 2.69 bits per heavy atom. The molecular weight excluding hydrogens is 602 g/mol. The fraction of sp³-hybridized carbons (Fsp3) is 0.316. The van der Waals surface area contributed by atoms with Crippen LogP contribution in [-0.2, 0) is 24.4 Å². The highest BCUT2D eigenvalue weighted by Gasteiger charge is 2.27. The van der Waals surface area contributed by atoms with Crippen LogP contribution in [0, 0.1) is 13.8 Å². The Morgan fingerprint density at radius 2 is 1.90 bits per heavy atom. The average Bonchev–Trinajstić information content (AvgIpc) is 3.79. The fourth-order valence-electron chi connectivity index (χ4n) is 6.73. The van der Waals surface area contributed by atoms with Crippen LogP contribution < -0.4 is 10.6 Å². The molecule has 3 aromatic heterocycles. The lowest BCUT2D eigenvalue weighted by Gasteiger charge is -2.20. The van der Waals surface area contributed by atoms with E-state index in [4.69, 9.17) is 14.4 Å². The van der Waals surface area contributed by atoms with Gasteiger partial charge in [-0.1, -0.05) is 30.8 Å². The Bertz CT molecular complexity index is 1960. The molecule has 1 fully saturated rings. The number of anilines is 2. The summed E-state index contributed by atoms with van der Waals surface area (Å²) in [4.78, 5) is 29.4. The van der Waals surface area contributed by atoms with Crippen LogP contribution in [0.15, 0.2) is 77.6 Å². The Balaban J connectivity index is 1.09. The highest BCUT2D eigenvalue weighted by atomic mass is 16.4. The first-order valence-electron chi connectivity index (χ1n) is 16.5. The molecule has 3 N–H and O–H groups in total. The molecule has 1 saturated heterocycles. The Hall–Kier alpha value is -4.90. The first-order chi connectivity index (χ1) is 23.4. The number of rotatable bonds is 12. The summed E-state index contributed by atoms with van der Waals surface area (Å²) in [7, 11) is 0. The standard InChI is InChI=1S/C38H41N7O3/c1-24(18-39-13-6-16-46)45-22-34-35(23-45)48-38(43-34)32-9-4-7-30(25(32)2)31-8-5-10-33(26(31)3)42-37-36-28(11-14-40-37)17-27(19-41-36)20-44-15-12-29(47)21-44/h4-5,7-11,14,16-17,19,29,39,47H,1,6,12-13,15,18,20-23H2,2-3H3,(H,40,42)/t29-/m1/s1. The second-order valence-corrected chi connectivity index (χ2v) is 12.8. The molecule has 0 bridgehead atoms. The number of hydrogen-bond donors (Lipinski definition) is 3. The molecule has 0 aliphatic carbocycles. The second kappa shape index (κ2) is 13.7. The summed E-state index contributed by atoms with van der Waals surface area (Å²) < 4.78 is 6.33. The zero-order chi connectivity index (χ0) is 33.2. The summed E-state index contributed by atoms with van der Waals surface area (Å²) in [6, 6.07) is 16.7. The molecule has 10 nitrogen and oxygen atoms in total. The predicted octanol–water partition coefficient (Wildman–Crippen LogP) is 5.89. The van der Waals surface area contributed by atoms with Crippen LogP contribution in [0.4, 0.5) is 11.5 Å². The van der Waals surface area contributed by atoms with Crippen molar-refractivity contribution in [3.63, 3.8) is 0 Å². The summed E-state index contributed by atoms with van der Waals surface area (Å²) >= 11 is 0. The van der Waals surface area contributed by atoms with E-state index in [1.807, 2.05) is 18.5 Å². The Morgan fingerprint density at radius 1 is 1.08 bits per heavy atom. The predicted molar refractivity (Wildman–Crippen MR) is 188 cm³/mol. The number of benzene rings is 2. The van der Waals surface area contributed by atoms with Gasteiger partial charge in [-0.2, -0.15) is 0 Å². The third-order valence-electron chi connectivity index (χ3n) is 9.42. The number of pyridine rings is 2. The molecule has 48 heavy (non-hydrogen) atoms. The van der Waals surface area contributed by atoms with E-state index in [0.29, 0.717) is 50.9 Å². The maximum Gasteiger partial charge on any atom is 0.226 e. The molecule has 2 aliphatic rings. The highest BCUT2D eigenvalue weighted by Crippen LogP contribution is 2.38. The number of oxazole rings is 1. The largest absolute Gasteiger partial charge is 0.439 e. The number of fused-ring (bicyclic) bond motifs is 2. The SMILES string of the molecule is C=C(CNCCC=O)N1Cc2nc(-c3cccc(-c4cccc(Nc5nccc6cc(CN7CC[C@@H](O)C7)cnc56)c4C)c3C)oc2C1. The van der Waals surface area contributed by atoms with Gasteiger partial charge < -0.3 is 29.9 Å². The molecule has 2 aliphatic heterocycles. The molecule has 1 atom stereocenters. The third kappa shape index (κ3) is 6.47. The summed E-state index contributed by atoms with van der Waals surface area (Å²) in [5.74, 6) is 2.21. The lowest BCUT2D eigenvalue weighted by atomic mass is 9.93. The minimum absolute atomic E-state index is 0.237. The molecule has 0 radical (unpaired) electrons. The van der Waals surface area contributed by atoms with Gasteiger partial charge in [-0.25, -0.2) is 9.97 Å². The molecular formula is C38H41N7O3. The second-order valence-electron chi connectivity index (χ2n) is 12.8. The van der Waals surface area contributed by atoms with Crippen LogP contribution in [0.5, 0.6) is 0 Å². The van der Waals surface area contributed by atoms with Crippen molar-refractivity contribution in [1.29, 1.82) is 0 Å². The van der Waals surface area contributed by atoms with Crippen molar-refractivity contribution in [2.24, 2.45) is 0 Å². The van der Waals surface area contributed by atoms with Crippen LogP contribution in [-0.4, -0.2) is 68.4 Å². The summed E-state index contributed by atoms with van der Waals surface area (Å²) in [5, 5.41) is 17.7. The van der Waals surface area contributed by atoms with Gasteiger partial charge in [0.05, 0.1) is 19.2 Å². The molecule has 0 spiro atoms. The van der Waals surface area contributed by atoms with Crippen LogP contribution in [0.1, 0.15) is 41.0 Å². The smallest absolute Gasteiger partial charge is 0.226 e. The molecule has 0 saturated carbocycles. The number of aromatic nitrogens is 3. The monoisotopic (exact) mass is 643 g/mol. The number of carbonyl (C=O) groups excluding carboxylic acids is 1. The van der Waals surface area contributed by atoms with E-state index in [1.165, 1.54) is 0 Å². The van der Waals surface area contributed by atoms with Gasteiger partial charge in [0.2, 0.25) is 5.89 Å². The number of likely N-dealkylation sites (tertiary alicyclic amines) is 1. The minimum Gasteiger partial charge on any atom is -0.439 e. The quantitative estimate of drug-likeness (QED) is 0.112. The van der Waals surface area contributed by atoms with Gasteiger partial charge in [0.1, 0.15) is 23.3 Å². The molecule has 5 aromatic rings. The number of nitrogens with one attached hydrogen (secondary N) is 2. The number of aldehydes is 1. The van der Waals surface area contributed by atoms with Gasteiger partial charge >= 0.3 is 0 Å². The van der Waals surface area contributed by atoms with Crippen LogP contribution >= 0.6 is 0 Å². The summed E-state index contributed by atoms with van der Waals surface area (Å²) in [6.45, 7) is 13.4. The Kier molecular flexibility index (Phi) is 9.03. The molecule has 0 unspecified atom stereocenters. The number of aliphatic hydroxyl groups excluding tert-OH is 1. The zero-order valence-corrected chi connectivity index (χ0v) is 27.5. The van der Waals surface area contributed by atoms with Crippen molar-refractivity contribution in [3.8, 4) is 22.6 Å². The van der Waals surface area contributed by atoms with Crippen molar-refractivity contribution in [1.82, 2.24) is 30.1 Å². The van der Waals surface area contributed by atoms with Gasteiger partial charge in [0.15, 0.2) is 5.82 Å².